The molecule has 1 saturated heterocycles. The van der Waals surface area contributed by atoms with Crippen molar-refractivity contribution in [3.8, 4) is 0 Å². The zero-order valence-electron chi connectivity index (χ0n) is 12.3. The van der Waals surface area contributed by atoms with Gasteiger partial charge in [0.25, 0.3) is 0 Å². The molecule has 3 unspecified atom stereocenters. The van der Waals surface area contributed by atoms with Crippen molar-refractivity contribution >= 4 is 6.09 Å². The van der Waals surface area contributed by atoms with Gasteiger partial charge in [-0.25, -0.2) is 4.79 Å². The van der Waals surface area contributed by atoms with E-state index in [-0.39, 0.29) is 24.2 Å². The third kappa shape index (κ3) is 3.32. The van der Waals surface area contributed by atoms with Crippen LogP contribution in [0.15, 0.2) is 16.5 Å². The van der Waals surface area contributed by atoms with Crippen molar-refractivity contribution in [2.24, 2.45) is 5.73 Å². The maximum absolute atomic E-state index is 11.3. The normalized spacial score (nSPS) is 22.5. The van der Waals surface area contributed by atoms with Crippen molar-refractivity contribution in [2.75, 3.05) is 20.2 Å². The SMILES string of the molecule is COC(=O)NC1CCN(C(c2ccc(C)o2)C(C)N)C1. The van der Waals surface area contributed by atoms with Gasteiger partial charge in [0.15, 0.2) is 0 Å². The molecule has 0 saturated carbocycles. The van der Waals surface area contributed by atoms with Gasteiger partial charge in [-0.15, -0.1) is 0 Å². The van der Waals surface area contributed by atoms with E-state index in [1.807, 2.05) is 26.0 Å². The first-order valence-corrected chi connectivity index (χ1v) is 6.91. The number of nitrogens with two attached hydrogens (primary N) is 1. The number of carbonyl (C=O) groups is 1. The lowest BCUT2D eigenvalue weighted by Gasteiger charge is -2.29. The predicted molar refractivity (Wildman–Crippen MR) is 75.4 cm³/mol. The first kappa shape index (κ1) is 14.9. The number of hydrogen-bond donors (Lipinski definition) is 2. The first-order chi connectivity index (χ1) is 9.51. The summed E-state index contributed by atoms with van der Waals surface area (Å²) in [7, 11) is 1.37. The molecule has 1 fully saturated rings. The number of ether oxygens (including phenoxy) is 1. The van der Waals surface area contributed by atoms with Gasteiger partial charge in [0.1, 0.15) is 11.5 Å². The lowest BCUT2D eigenvalue weighted by Crippen LogP contribution is -2.41. The van der Waals surface area contributed by atoms with Crippen LogP contribution in [0.25, 0.3) is 0 Å². The van der Waals surface area contributed by atoms with Crippen molar-refractivity contribution in [3.05, 3.63) is 23.7 Å². The minimum atomic E-state index is -0.386. The largest absolute Gasteiger partial charge is 0.465 e. The van der Waals surface area contributed by atoms with E-state index in [0.29, 0.717) is 0 Å². The standard InChI is InChI=1S/C14H23N3O3/c1-9-4-5-12(20-9)13(10(2)15)17-7-6-11(8-17)16-14(18)19-3/h4-5,10-11,13H,6-8,15H2,1-3H3,(H,16,18). The second-order valence-corrected chi connectivity index (χ2v) is 5.37. The Labute approximate surface area is 119 Å². The van der Waals surface area contributed by atoms with E-state index >= 15 is 0 Å². The zero-order chi connectivity index (χ0) is 14.7. The number of carbonyl (C=O) groups excluding carboxylic acids is 1. The number of rotatable bonds is 4. The number of nitrogens with one attached hydrogen (secondary N) is 1. The van der Waals surface area contributed by atoms with Crippen molar-refractivity contribution < 1.29 is 13.9 Å². The fourth-order valence-corrected chi connectivity index (χ4v) is 2.77. The Bertz CT molecular complexity index is 458. The summed E-state index contributed by atoms with van der Waals surface area (Å²) in [6.45, 7) is 5.53. The molecule has 3 atom stereocenters. The van der Waals surface area contributed by atoms with E-state index in [2.05, 4.69) is 15.0 Å². The van der Waals surface area contributed by atoms with Crippen molar-refractivity contribution in [1.82, 2.24) is 10.2 Å². The van der Waals surface area contributed by atoms with E-state index < -0.39 is 0 Å². The predicted octanol–water partition coefficient (Wildman–Crippen LogP) is 1.41. The van der Waals surface area contributed by atoms with Gasteiger partial charge in [-0.05, 0) is 32.4 Å². The van der Waals surface area contributed by atoms with Crippen LogP contribution in [0.3, 0.4) is 0 Å². The van der Waals surface area contributed by atoms with Gasteiger partial charge in [0, 0.05) is 25.2 Å². The minimum absolute atomic E-state index is 0.0353. The van der Waals surface area contributed by atoms with Crippen LogP contribution in [0.1, 0.15) is 30.9 Å². The molecule has 0 radical (unpaired) electrons. The first-order valence-electron chi connectivity index (χ1n) is 6.91. The summed E-state index contributed by atoms with van der Waals surface area (Å²) in [6, 6.07) is 4.01. The molecule has 1 amide bonds. The highest BCUT2D eigenvalue weighted by atomic mass is 16.5. The Kier molecular flexibility index (Phi) is 4.67. The molecule has 6 nitrogen and oxygen atoms in total. The molecule has 1 aliphatic rings. The molecule has 2 rings (SSSR count). The highest BCUT2D eigenvalue weighted by Gasteiger charge is 2.33. The number of furan rings is 1. The Balaban J connectivity index is 2.03. The maximum atomic E-state index is 11.3. The van der Waals surface area contributed by atoms with Crippen molar-refractivity contribution in [3.63, 3.8) is 0 Å². The molecule has 0 aromatic carbocycles. The van der Waals surface area contributed by atoms with E-state index in [1.54, 1.807) is 0 Å². The number of hydrogen-bond acceptors (Lipinski definition) is 5. The summed E-state index contributed by atoms with van der Waals surface area (Å²) in [6.07, 6.45) is 0.501. The van der Waals surface area contributed by atoms with Crippen molar-refractivity contribution in [1.29, 1.82) is 0 Å². The maximum Gasteiger partial charge on any atom is 0.407 e. The topological polar surface area (TPSA) is 80.7 Å². The van der Waals surface area contributed by atoms with Crippen molar-refractivity contribution in [2.45, 2.75) is 38.4 Å². The second kappa shape index (κ2) is 6.28. The highest BCUT2D eigenvalue weighted by molar-refractivity contribution is 5.67. The highest BCUT2D eigenvalue weighted by Crippen LogP contribution is 2.28. The summed E-state index contributed by atoms with van der Waals surface area (Å²) < 4.78 is 10.4. The van der Waals surface area contributed by atoms with Gasteiger partial charge in [-0.3, -0.25) is 4.90 Å². The summed E-state index contributed by atoms with van der Waals surface area (Å²) in [5.41, 5.74) is 6.12. The molecule has 1 aliphatic heterocycles. The average Bonchev–Trinajstić information content (AvgIpc) is 2.99. The molecule has 0 bridgehead atoms. The van der Waals surface area contributed by atoms with Crippen LogP contribution in [0.5, 0.6) is 0 Å². The Morgan fingerprint density at radius 2 is 2.35 bits per heavy atom. The Morgan fingerprint density at radius 3 is 2.90 bits per heavy atom. The van der Waals surface area contributed by atoms with E-state index in [1.165, 1.54) is 7.11 Å². The van der Waals surface area contributed by atoms with E-state index in [4.69, 9.17) is 10.2 Å². The molecule has 112 valence electrons. The molecule has 0 aliphatic carbocycles. The third-order valence-electron chi connectivity index (χ3n) is 3.67. The lowest BCUT2D eigenvalue weighted by molar-refractivity contribution is 0.162. The van der Waals surface area contributed by atoms with Gasteiger partial charge < -0.3 is 20.2 Å². The molecule has 6 heteroatoms. The molecule has 0 spiro atoms. The molecule has 20 heavy (non-hydrogen) atoms. The van der Waals surface area contributed by atoms with Crippen LogP contribution >= 0.6 is 0 Å². The number of likely N-dealkylation sites (tertiary alicyclic amines) is 1. The fraction of sp³-hybridized carbons (Fsp3) is 0.643. The molecular weight excluding hydrogens is 258 g/mol. The van der Waals surface area contributed by atoms with Crippen LogP contribution < -0.4 is 11.1 Å². The molecule has 3 N–H and O–H groups in total. The smallest absolute Gasteiger partial charge is 0.407 e. The number of amides is 1. The van der Waals surface area contributed by atoms with Crippen LogP contribution in [-0.2, 0) is 4.74 Å². The van der Waals surface area contributed by atoms with Gasteiger partial charge in [0.2, 0.25) is 0 Å². The Hall–Kier alpha value is -1.53. The number of nitrogens with zero attached hydrogens (tertiary/aromatic N) is 1. The van der Waals surface area contributed by atoms with Gasteiger partial charge in [0.05, 0.1) is 13.2 Å². The molecule has 1 aromatic heterocycles. The monoisotopic (exact) mass is 281 g/mol. The van der Waals surface area contributed by atoms with Crippen LogP contribution in [-0.4, -0.2) is 43.3 Å². The number of aryl methyl sites for hydroxylation is 1. The molecule has 2 heterocycles. The Morgan fingerprint density at radius 1 is 1.60 bits per heavy atom. The summed E-state index contributed by atoms with van der Waals surface area (Å²) in [5.74, 6) is 1.77. The van der Waals surface area contributed by atoms with E-state index in [9.17, 15) is 4.79 Å². The van der Waals surface area contributed by atoms with Gasteiger partial charge in [-0.1, -0.05) is 0 Å². The van der Waals surface area contributed by atoms with E-state index in [0.717, 1.165) is 31.0 Å². The summed E-state index contributed by atoms with van der Waals surface area (Å²) in [5, 5.41) is 2.83. The number of alkyl carbamates (subject to hydrolysis) is 1. The van der Waals surface area contributed by atoms with Crippen LogP contribution in [0.4, 0.5) is 4.79 Å². The lowest BCUT2D eigenvalue weighted by atomic mass is 10.1. The summed E-state index contributed by atoms with van der Waals surface area (Å²) >= 11 is 0. The second-order valence-electron chi connectivity index (χ2n) is 5.37. The third-order valence-corrected chi connectivity index (χ3v) is 3.67. The zero-order valence-corrected chi connectivity index (χ0v) is 12.3. The van der Waals surface area contributed by atoms with Crippen LogP contribution in [0, 0.1) is 6.92 Å². The quantitative estimate of drug-likeness (QED) is 0.872. The fourth-order valence-electron chi connectivity index (χ4n) is 2.77. The van der Waals surface area contributed by atoms with Crippen LogP contribution in [0.2, 0.25) is 0 Å². The average molecular weight is 281 g/mol. The molecule has 1 aromatic rings. The summed E-state index contributed by atoms with van der Waals surface area (Å²) in [4.78, 5) is 13.5. The van der Waals surface area contributed by atoms with Gasteiger partial charge >= 0.3 is 6.09 Å². The molecular formula is C14H23N3O3. The van der Waals surface area contributed by atoms with Gasteiger partial charge in [-0.2, -0.15) is 0 Å². The number of methoxy groups -OCH3 is 1. The minimum Gasteiger partial charge on any atom is -0.465 e.